The number of Topliss-reactive ketones (excluding diaryl/α,β-unsaturated/α-hetero) is 1. The van der Waals surface area contributed by atoms with Gasteiger partial charge in [-0.05, 0) is 31.1 Å². The summed E-state index contributed by atoms with van der Waals surface area (Å²) in [6, 6.07) is -3.07. The molecule has 47 heavy (non-hydrogen) atoms. The Hall–Kier alpha value is -4.63. The number of carbonyl (C=O) groups is 7. The number of rotatable bonds is 16. The predicted octanol–water partition coefficient (Wildman–Crippen LogP) is -0.311. The highest BCUT2D eigenvalue weighted by atomic mass is 16.6. The molecule has 2 aliphatic rings. The minimum atomic E-state index is -1.08. The molecule has 258 valence electrons. The van der Waals surface area contributed by atoms with Gasteiger partial charge >= 0.3 is 6.09 Å². The minimum absolute atomic E-state index is 0.0203. The molecule has 5 N–H and O–H groups in total. The zero-order chi connectivity index (χ0) is 34.7. The Morgan fingerprint density at radius 3 is 2.30 bits per heavy atom. The van der Waals surface area contributed by atoms with Crippen LogP contribution >= 0.6 is 0 Å². The Morgan fingerprint density at radius 2 is 1.70 bits per heavy atom. The first-order valence-electron chi connectivity index (χ1n) is 16.0. The zero-order valence-electron chi connectivity index (χ0n) is 27.5. The van der Waals surface area contributed by atoms with Crippen molar-refractivity contribution in [1.29, 1.82) is 0 Å². The third-order valence-corrected chi connectivity index (χ3v) is 7.60. The topological polar surface area (TPSA) is 218 Å². The molecule has 0 aromatic carbocycles. The number of ketones is 1. The van der Waals surface area contributed by atoms with Crippen molar-refractivity contribution in [2.45, 2.75) is 84.5 Å². The van der Waals surface area contributed by atoms with Crippen molar-refractivity contribution in [3.05, 3.63) is 24.3 Å². The number of hydrogen-bond donors (Lipinski definition) is 5. The Bertz CT molecular complexity index is 1300. The van der Waals surface area contributed by atoms with Gasteiger partial charge in [0.25, 0.3) is 11.8 Å². The Labute approximate surface area is 273 Å². The molecule has 1 aromatic heterocycles. The highest BCUT2D eigenvalue weighted by Gasteiger charge is 2.43. The molecule has 0 bridgehead atoms. The van der Waals surface area contributed by atoms with Gasteiger partial charge in [-0.3, -0.25) is 33.8 Å². The first-order valence-corrected chi connectivity index (χ1v) is 16.0. The predicted molar refractivity (Wildman–Crippen MR) is 167 cm³/mol. The van der Waals surface area contributed by atoms with Crippen molar-refractivity contribution in [2.75, 3.05) is 26.2 Å². The molecule has 2 fully saturated rings. The summed E-state index contributed by atoms with van der Waals surface area (Å²) >= 11 is 0. The Kier molecular flexibility index (Phi) is 13.6. The van der Waals surface area contributed by atoms with Crippen LogP contribution in [0.15, 0.2) is 18.6 Å². The highest BCUT2D eigenvalue weighted by Crippen LogP contribution is 2.21. The molecule has 16 nitrogen and oxygen atoms in total. The highest BCUT2D eigenvalue weighted by molar-refractivity contribution is 6.38. The van der Waals surface area contributed by atoms with Crippen LogP contribution in [0.25, 0.3) is 0 Å². The van der Waals surface area contributed by atoms with Gasteiger partial charge in [0.2, 0.25) is 23.5 Å². The summed E-state index contributed by atoms with van der Waals surface area (Å²) in [5, 5.41) is 13.1. The molecule has 1 saturated heterocycles. The molecule has 0 spiro atoms. The third-order valence-electron chi connectivity index (χ3n) is 7.60. The molecule has 1 aromatic rings. The van der Waals surface area contributed by atoms with Crippen LogP contribution in [0.3, 0.4) is 0 Å². The van der Waals surface area contributed by atoms with E-state index in [2.05, 4.69) is 36.6 Å². The van der Waals surface area contributed by atoms with Crippen molar-refractivity contribution < 1.29 is 38.3 Å². The molecule has 0 unspecified atom stereocenters. The van der Waals surface area contributed by atoms with Crippen LogP contribution in [-0.4, -0.2) is 107 Å². The number of likely N-dealkylation sites (tertiary alicyclic amines) is 1. The number of amides is 6. The zero-order valence-corrected chi connectivity index (χ0v) is 27.5. The molecular weight excluding hydrogens is 612 g/mol. The largest absolute Gasteiger partial charge is 0.449 e. The Morgan fingerprint density at radius 1 is 0.979 bits per heavy atom. The van der Waals surface area contributed by atoms with Gasteiger partial charge in [0, 0.05) is 31.5 Å². The second kappa shape index (κ2) is 17.3. The fraction of sp³-hybridized carbons (Fsp3) is 0.645. The molecular formula is C31H46N8O8. The first-order chi connectivity index (χ1) is 22.3. The smallest absolute Gasteiger partial charge is 0.409 e. The molecule has 6 amide bonds. The first kappa shape index (κ1) is 36.8. The fourth-order valence-electron chi connectivity index (χ4n) is 4.87. The van der Waals surface area contributed by atoms with E-state index in [9.17, 15) is 33.6 Å². The summed E-state index contributed by atoms with van der Waals surface area (Å²) in [5.41, 5.74) is 0.0203. The second-order valence-corrected chi connectivity index (χ2v) is 12.6. The third kappa shape index (κ3) is 11.3. The van der Waals surface area contributed by atoms with Crippen LogP contribution in [0, 0.1) is 17.8 Å². The van der Waals surface area contributed by atoms with Crippen LogP contribution in [0.5, 0.6) is 0 Å². The van der Waals surface area contributed by atoms with E-state index in [4.69, 9.17) is 4.74 Å². The van der Waals surface area contributed by atoms with Crippen LogP contribution in [0.2, 0.25) is 0 Å². The lowest BCUT2D eigenvalue weighted by molar-refractivity contribution is -0.140. The van der Waals surface area contributed by atoms with Gasteiger partial charge < -0.3 is 36.2 Å². The monoisotopic (exact) mass is 658 g/mol. The van der Waals surface area contributed by atoms with Gasteiger partial charge in [-0.25, -0.2) is 9.78 Å². The van der Waals surface area contributed by atoms with E-state index >= 15 is 0 Å². The Balaban J connectivity index is 1.70. The van der Waals surface area contributed by atoms with Crippen LogP contribution in [0.4, 0.5) is 4.79 Å². The van der Waals surface area contributed by atoms with E-state index < -0.39 is 77.9 Å². The summed E-state index contributed by atoms with van der Waals surface area (Å²) in [6.45, 7) is 8.54. The molecule has 1 aliphatic carbocycles. The maximum Gasteiger partial charge on any atom is 0.409 e. The minimum Gasteiger partial charge on any atom is -0.449 e. The van der Waals surface area contributed by atoms with Crippen molar-refractivity contribution in [1.82, 2.24) is 41.5 Å². The van der Waals surface area contributed by atoms with Crippen LogP contribution in [0.1, 0.15) is 70.8 Å². The molecule has 2 heterocycles. The summed E-state index contributed by atoms with van der Waals surface area (Å²) in [7, 11) is 0. The number of aromatic nitrogens is 2. The van der Waals surface area contributed by atoms with Crippen LogP contribution < -0.4 is 26.6 Å². The number of hydrogen-bond acceptors (Lipinski definition) is 10. The van der Waals surface area contributed by atoms with Crippen molar-refractivity contribution in [3.8, 4) is 0 Å². The van der Waals surface area contributed by atoms with Gasteiger partial charge in [0.15, 0.2) is 0 Å². The maximum atomic E-state index is 13.6. The van der Waals surface area contributed by atoms with Gasteiger partial charge in [0.1, 0.15) is 11.7 Å². The number of ether oxygens (including phenoxy) is 1. The lowest BCUT2D eigenvalue weighted by Crippen LogP contribution is -2.57. The SMILES string of the molecule is CCC[C@H](NC(=O)[C@@H]1CN(C(=O)OCC(C)C)C[C@@H]1NC(=O)[C@@H](NC(=O)CNC(=O)c1cnccn1)C(C)C)C(=O)C(=O)NC1CC1. The summed E-state index contributed by atoms with van der Waals surface area (Å²) in [5.74, 6) is -5.31. The summed E-state index contributed by atoms with van der Waals surface area (Å²) in [4.78, 5) is 99.3. The standard InChI is InChI=1S/C31H46N8O8/c1-6-7-21(26(41)30(45)35-19-8-9-19)36-27(42)20-14-39(31(46)47-16-17(2)3)15-23(20)37-29(44)25(18(4)5)38-24(40)13-34-28(43)22-12-32-10-11-33-22/h10-12,17-21,23,25H,6-9,13-16H2,1-5H3,(H,34,43)(H,35,45)(H,36,42)(H,37,44)(H,38,40)/t20-,21+,23+,25+/m1/s1. The summed E-state index contributed by atoms with van der Waals surface area (Å²) < 4.78 is 5.35. The van der Waals surface area contributed by atoms with Gasteiger partial charge in [-0.1, -0.05) is 41.0 Å². The molecule has 16 heteroatoms. The average molecular weight is 659 g/mol. The second-order valence-electron chi connectivity index (χ2n) is 12.6. The van der Waals surface area contributed by atoms with E-state index in [1.54, 1.807) is 13.8 Å². The number of carbonyl (C=O) groups excluding carboxylic acids is 7. The number of nitrogens with zero attached hydrogens (tertiary/aromatic N) is 3. The molecule has 1 aliphatic heterocycles. The normalized spacial score (nSPS) is 18.6. The average Bonchev–Trinajstić information content (AvgIpc) is 3.76. The van der Waals surface area contributed by atoms with E-state index in [0.29, 0.717) is 6.42 Å². The summed E-state index contributed by atoms with van der Waals surface area (Å²) in [6.07, 6.45) is 5.66. The molecule has 0 radical (unpaired) electrons. The fourth-order valence-corrected chi connectivity index (χ4v) is 4.87. The lowest BCUT2D eigenvalue weighted by atomic mass is 9.98. The van der Waals surface area contributed by atoms with Gasteiger partial charge in [-0.2, -0.15) is 0 Å². The van der Waals surface area contributed by atoms with Crippen LogP contribution in [-0.2, 0) is 28.7 Å². The molecule has 1 saturated carbocycles. The van der Waals surface area contributed by atoms with Crippen molar-refractivity contribution >= 4 is 41.4 Å². The van der Waals surface area contributed by atoms with E-state index in [1.165, 1.54) is 23.5 Å². The molecule has 4 atom stereocenters. The van der Waals surface area contributed by atoms with Gasteiger partial charge in [0.05, 0.1) is 37.4 Å². The quantitative estimate of drug-likeness (QED) is 0.146. The van der Waals surface area contributed by atoms with Gasteiger partial charge in [-0.15, -0.1) is 0 Å². The van der Waals surface area contributed by atoms with E-state index in [1.807, 2.05) is 20.8 Å². The maximum absolute atomic E-state index is 13.6. The number of nitrogens with one attached hydrogen (secondary N) is 5. The lowest BCUT2D eigenvalue weighted by Gasteiger charge is -2.26. The molecule has 3 rings (SSSR count). The van der Waals surface area contributed by atoms with Crippen molar-refractivity contribution in [2.24, 2.45) is 17.8 Å². The van der Waals surface area contributed by atoms with E-state index in [0.717, 1.165) is 12.8 Å². The van der Waals surface area contributed by atoms with E-state index in [-0.39, 0.29) is 43.8 Å². The van der Waals surface area contributed by atoms with Crippen molar-refractivity contribution in [3.63, 3.8) is 0 Å².